The van der Waals surface area contributed by atoms with Crippen molar-refractivity contribution < 1.29 is 4.92 Å². The minimum absolute atomic E-state index is 0.106. The van der Waals surface area contributed by atoms with Gasteiger partial charge in [0.25, 0.3) is 16.8 Å². The molecule has 2 aromatic heterocycles. The second-order valence-corrected chi connectivity index (χ2v) is 5.44. The van der Waals surface area contributed by atoms with Gasteiger partial charge in [-0.1, -0.05) is 23.5 Å². The van der Waals surface area contributed by atoms with Gasteiger partial charge in [0.1, 0.15) is 5.69 Å². The molecular weight excluding hydrogens is 308 g/mol. The van der Waals surface area contributed by atoms with E-state index in [4.69, 9.17) is 0 Å². The van der Waals surface area contributed by atoms with Crippen molar-refractivity contribution in [2.24, 2.45) is 0 Å². The molecule has 0 fully saturated rings. The zero-order valence-corrected chi connectivity index (χ0v) is 12.0. The number of benzene rings is 1. The van der Waals surface area contributed by atoms with Gasteiger partial charge in [-0.05, 0) is 19.1 Å². The number of para-hydroxylation sites is 1. The van der Waals surface area contributed by atoms with E-state index in [0.717, 1.165) is 15.9 Å². The molecule has 9 heteroatoms. The highest BCUT2D eigenvalue weighted by Gasteiger charge is 2.12. The number of nitro benzene ring substituents is 1. The van der Waals surface area contributed by atoms with Crippen LogP contribution >= 0.6 is 11.3 Å². The summed E-state index contributed by atoms with van der Waals surface area (Å²) in [6.07, 6.45) is 1.40. The van der Waals surface area contributed by atoms with Crippen LogP contribution in [-0.4, -0.2) is 19.5 Å². The van der Waals surface area contributed by atoms with E-state index in [1.54, 1.807) is 12.1 Å². The fraction of sp³-hybridized carbons (Fsp3) is 0.0769. The molecule has 2 heterocycles. The lowest BCUT2D eigenvalue weighted by Gasteiger charge is -1.94. The van der Waals surface area contributed by atoms with Crippen molar-refractivity contribution in [2.45, 2.75) is 6.92 Å². The first-order valence-corrected chi connectivity index (χ1v) is 6.94. The van der Waals surface area contributed by atoms with Gasteiger partial charge in [0.2, 0.25) is 4.96 Å². The number of aromatic nitrogens is 3. The summed E-state index contributed by atoms with van der Waals surface area (Å²) in [6.45, 7) is 1.46. The van der Waals surface area contributed by atoms with Crippen LogP contribution in [0.1, 0.15) is 11.3 Å². The number of thiazole rings is 1. The number of hydrogen-bond acceptors (Lipinski definition) is 7. The van der Waals surface area contributed by atoms with E-state index >= 15 is 0 Å². The third-order valence-electron chi connectivity index (χ3n) is 2.96. The zero-order chi connectivity index (χ0) is 15.9. The highest BCUT2D eigenvalue weighted by molar-refractivity contribution is 7.15. The van der Waals surface area contributed by atoms with Gasteiger partial charge in [-0.25, -0.2) is 0 Å². The first-order valence-electron chi connectivity index (χ1n) is 6.13. The molecule has 0 atom stereocenters. The molecular formula is C13H8N4O4S. The maximum Gasteiger partial charge on any atom is 0.295 e. The molecule has 0 amide bonds. The highest BCUT2D eigenvalue weighted by atomic mass is 32.1. The first-order chi connectivity index (χ1) is 10.5. The number of nitro groups is 1. The Balaban J connectivity index is 2.32. The minimum Gasteiger partial charge on any atom is -0.266 e. The van der Waals surface area contributed by atoms with E-state index in [2.05, 4.69) is 10.1 Å². The normalized spacial score (nSPS) is 12.0. The molecule has 0 N–H and O–H groups in total. The van der Waals surface area contributed by atoms with Crippen molar-refractivity contribution in [3.63, 3.8) is 0 Å². The van der Waals surface area contributed by atoms with E-state index < -0.39 is 16.0 Å². The lowest BCUT2D eigenvalue weighted by Crippen LogP contribution is -2.27. The van der Waals surface area contributed by atoms with Gasteiger partial charge in [-0.2, -0.15) is 14.6 Å². The third kappa shape index (κ3) is 2.27. The summed E-state index contributed by atoms with van der Waals surface area (Å²) in [5, 5.41) is 14.9. The van der Waals surface area contributed by atoms with Crippen molar-refractivity contribution in [1.29, 1.82) is 0 Å². The lowest BCUT2D eigenvalue weighted by molar-refractivity contribution is -0.385. The molecule has 0 radical (unpaired) electrons. The number of fused-ring (bicyclic) bond motifs is 1. The number of rotatable bonds is 2. The van der Waals surface area contributed by atoms with Crippen LogP contribution in [0.2, 0.25) is 0 Å². The van der Waals surface area contributed by atoms with Crippen molar-refractivity contribution >= 4 is 28.1 Å². The predicted octanol–water partition coefficient (Wildman–Crippen LogP) is 0.276. The summed E-state index contributed by atoms with van der Waals surface area (Å²) in [5.74, 6) is 0. The molecule has 0 aliphatic carbocycles. The van der Waals surface area contributed by atoms with Gasteiger partial charge < -0.3 is 0 Å². The molecule has 0 saturated heterocycles. The smallest absolute Gasteiger partial charge is 0.266 e. The Hall–Kier alpha value is -2.94. The quantitative estimate of drug-likeness (QED) is 0.496. The largest absolute Gasteiger partial charge is 0.295 e. The Morgan fingerprint density at radius 3 is 2.77 bits per heavy atom. The van der Waals surface area contributed by atoms with E-state index in [1.807, 2.05) is 0 Å². The van der Waals surface area contributed by atoms with E-state index in [0.29, 0.717) is 5.56 Å². The Bertz CT molecular complexity index is 1070. The molecule has 0 spiro atoms. The van der Waals surface area contributed by atoms with E-state index in [-0.39, 0.29) is 20.9 Å². The topological polar surface area (TPSA) is 107 Å². The Morgan fingerprint density at radius 2 is 2.05 bits per heavy atom. The SMILES string of the molecule is Cc1nn2c(=O)c(=Cc3ccccc3[N+](=O)[O-])sc2nc1=O. The zero-order valence-electron chi connectivity index (χ0n) is 11.2. The molecule has 3 rings (SSSR count). The summed E-state index contributed by atoms with van der Waals surface area (Å²) >= 11 is 0.961. The highest BCUT2D eigenvalue weighted by Crippen LogP contribution is 2.18. The maximum absolute atomic E-state index is 12.2. The summed E-state index contributed by atoms with van der Waals surface area (Å²) in [6, 6.07) is 6.08. The van der Waals surface area contributed by atoms with Crippen LogP contribution in [0.4, 0.5) is 5.69 Å². The van der Waals surface area contributed by atoms with Gasteiger partial charge in [0, 0.05) is 6.07 Å². The molecule has 0 unspecified atom stereocenters. The monoisotopic (exact) mass is 316 g/mol. The number of nitrogens with zero attached hydrogens (tertiary/aromatic N) is 4. The van der Waals surface area contributed by atoms with Crippen LogP contribution in [-0.2, 0) is 0 Å². The number of hydrogen-bond donors (Lipinski definition) is 0. The maximum atomic E-state index is 12.2. The molecule has 0 aliphatic rings. The van der Waals surface area contributed by atoms with Gasteiger partial charge in [0.15, 0.2) is 0 Å². The van der Waals surface area contributed by atoms with Crippen LogP contribution in [0.15, 0.2) is 33.9 Å². The number of aryl methyl sites for hydroxylation is 1. The molecule has 0 aliphatic heterocycles. The van der Waals surface area contributed by atoms with Gasteiger partial charge in [0.05, 0.1) is 15.0 Å². The second-order valence-electron chi connectivity index (χ2n) is 4.43. The van der Waals surface area contributed by atoms with E-state index in [9.17, 15) is 19.7 Å². The Morgan fingerprint density at radius 1 is 1.32 bits per heavy atom. The fourth-order valence-electron chi connectivity index (χ4n) is 1.90. The van der Waals surface area contributed by atoms with Crippen molar-refractivity contribution in [3.8, 4) is 0 Å². The summed E-state index contributed by atoms with van der Waals surface area (Å²) < 4.78 is 1.25. The Labute approximate surface area is 126 Å². The molecule has 8 nitrogen and oxygen atoms in total. The van der Waals surface area contributed by atoms with Crippen molar-refractivity contribution in [1.82, 2.24) is 14.6 Å². The molecule has 0 bridgehead atoms. The lowest BCUT2D eigenvalue weighted by atomic mass is 10.2. The van der Waals surface area contributed by atoms with Gasteiger partial charge in [-0.3, -0.25) is 19.7 Å². The van der Waals surface area contributed by atoms with Crippen LogP contribution in [0.5, 0.6) is 0 Å². The van der Waals surface area contributed by atoms with Crippen LogP contribution < -0.4 is 15.7 Å². The van der Waals surface area contributed by atoms with Crippen LogP contribution in [0.25, 0.3) is 11.0 Å². The minimum atomic E-state index is -0.521. The molecule has 110 valence electrons. The summed E-state index contributed by atoms with van der Waals surface area (Å²) in [4.78, 5) is 38.1. The molecule has 22 heavy (non-hydrogen) atoms. The molecule has 1 aromatic carbocycles. The average Bonchev–Trinajstić information content (AvgIpc) is 2.76. The fourth-order valence-corrected chi connectivity index (χ4v) is 2.80. The summed E-state index contributed by atoms with van der Waals surface area (Å²) in [7, 11) is 0. The van der Waals surface area contributed by atoms with Gasteiger partial charge >= 0.3 is 0 Å². The van der Waals surface area contributed by atoms with Crippen molar-refractivity contribution in [3.05, 3.63) is 70.9 Å². The van der Waals surface area contributed by atoms with Crippen LogP contribution in [0, 0.1) is 17.0 Å². The van der Waals surface area contributed by atoms with E-state index in [1.165, 1.54) is 25.1 Å². The van der Waals surface area contributed by atoms with Crippen molar-refractivity contribution in [2.75, 3.05) is 0 Å². The van der Waals surface area contributed by atoms with Crippen LogP contribution in [0.3, 0.4) is 0 Å². The Kier molecular flexibility index (Phi) is 3.26. The van der Waals surface area contributed by atoms with Gasteiger partial charge in [-0.15, -0.1) is 0 Å². The summed E-state index contributed by atoms with van der Waals surface area (Å²) in [5.41, 5.74) is -0.654. The first kappa shape index (κ1) is 14.0. The average molecular weight is 316 g/mol. The molecule has 0 saturated carbocycles. The predicted molar refractivity (Wildman–Crippen MR) is 80.0 cm³/mol. The second kappa shape index (κ2) is 5.11. The standard InChI is InChI=1S/C13H8N4O4S/c1-7-11(18)14-13-16(15-7)12(19)10(22-13)6-8-4-2-3-5-9(8)17(20)21/h2-6H,1H3. The third-order valence-corrected chi connectivity index (χ3v) is 3.92. The molecule has 3 aromatic rings.